The average Bonchev–Trinajstić information content (AvgIpc) is 3.57. The number of phenolic OH excluding ortho intramolecular Hbond substituents is 1. The predicted octanol–water partition coefficient (Wildman–Crippen LogP) is 15.0. The van der Waals surface area contributed by atoms with Crippen LogP contribution in [0.2, 0.25) is 18.1 Å². The van der Waals surface area contributed by atoms with Crippen LogP contribution in [0.3, 0.4) is 0 Å². The minimum absolute atomic E-state index is 0.0956. The third kappa shape index (κ3) is 10.4. The molecule has 60 heavy (non-hydrogen) atoms. The van der Waals surface area contributed by atoms with Crippen LogP contribution in [0.1, 0.15) is 138 Å². The Hall–Kier alpha value is -1.92. The maximum atomic E-state index is 11.4. The zero-order chi connectivity index (χ0) is 43.0. The molecule has 4 saturated carbocycles. The van der Waals surface area contributed by atoms with Gasteiger partial charge in [-0.15, -0.1) is 0 Å². The van der Waals surface area contributed by atoms with Crippen molar-refractivity contribution in [3.63, 3.8) is 0 Å². The van der Waals surface area contributed by atoms with Gasteiger partial charge in [-0.2, -0.15) is 11.4 Å². The number of aryl methyl sites for hydroxylation is 4. The molecule has 1 N–H and O–H groups in total. The number of phenols is 1. The van der Waals surface area contributed by atoms with Crippen molar-refractivity contribution in [3.05, 3.63) is 103 Å². The molecular formula is C52H69Br2MoN2O2Si-. The summed E-state index contributed by atoms with van der Waals surface area (Å²) in [6.07, 6.45) is 17.9. The quantitative estimate of drug-likeness (QED) is 0.196. The molecule has 4 nitrogen and oxygen atoms in total. The minimum Gasteiger partial charge on any atom is -0.665 e. The fourth-order valence-corrected chi connectivity index (χ4v) is 15.1. The second-order valence-electron chi connectivity index (χ2n) is 21.0. The fraction of sp³-hybridized carbons (Fsp3) is 0.558. The number of aromatic nitrogens is 1. The van der Waals surface area contributed by atoms with Gasteiger partial charge in [0.15, 0.2) is 0 Å². The van der Waals surface area contributed by atoms with Gasteiger partial charge in [0.05, 0.1) is 8.95 Å². The number of fused-ring (bicyclic) bond motifs is 2. The predicted molar refractivity (Wildman–Crippen MR) is 258 cm³/mol. The van der Waals surface area contributed by atoms with Crippen molar-refractivity contribution in [2.45, 2.75) is 167 Å². The first-order valence-corrected chi connectivity index (χ1v) is 29.3. The zero-order valence-corrected chi connectivity index (χ0v) is 44.0. The molecule has 6 aliphatic rings. The third-order valence-corrected chi connectivity index (χ3v) is 23.0. The zero-order valence-electron chi connectivity index (χ0n) is 37.8. The van der Waals surface area contributed by atoms with E-state index in [0.29, 0.717) is 11.3 Å². The maximum absolute atomic E-state index is 11.4. The summed E-state index contributed by atoms with van der Waals surface area (Å²) in [5.41, 5.74) is 11.9. The van der Waals surface area contributed by atoms with E-state index in [0.717, 1.165) is 80.6 Å². The molecule has 10 rings (SSSR count). The van der Waals surface area contributed by atoms with Gasteiger partial charge in [0.25, 0.3) is 8.32 Å². The van der Waals surface area contributed by atoms with Crippen molar-refractivity contribution >= 4 is 44.6 Å². The van der Waals surface area contributed by atoms with Gasteiger partial charge in [0, 0.05) is 11.1 Å². The van der Waals surface area contributed by atoms with Gasteiger partial charge in [0.1, 0.15) is 11.5 Å². The Kier molecular flexibility index (Phi) is 14.3. The summed E-state index contributed by atoms with van der Waals surface area (Å²) >= 11 is 7.19. The Morgan fingerprint density at radius 1 is 0.750 bits per heavy atom. The first kappa shape index (κ1) is 46.1. The second kappa shape index (κ2) is 18.7. The van der Waals surface area contributed by atoms with Crippen LogP contribution in [-0.2, 0) is 49.0 Å². The van der Waals surface area contributed by atoms with Gasteiger partial charge in [-0.05, 0) is 136 Å². The van der Waals surface area contributed by atoms with Gasteiger partial charge in [-0.1, -0.05) is 46.8 Å². The number of rotatable bonds is 6. The van der Waals surface area contributed by atoms with E-state index in [9.17, 15) is 5.11 Å². The van der Waals surface area contributed by atoms with E-state index in [1.807, 2.05) is 26.0 Å². The van der Waals surface area contributed by atoms with Crippen LogP contribution < -0.4 is 9.41 Å². The Morgan fingerprint density at radius 3 is 1.75 bits per heavy atom. The summed E-state index contributed by atoms with van der Waals surface area (Å²) in [4.78, 5) is 4.11. The van der Waals surface area contributed by atoms with Gasteiger partial charge in [0.2, 0.25) is 0 Å². The Labute approximate surface area is 388 Å². The first-order chi connectivity index (χ1) is 28.3. The van der Waals surface area contributed by atoms with Crippen molar-refractivity contribution in [3.8, 4) is 22.6 Å². The molecule has 1 aromatic heterocycles. The van der Waals surface area contributed by atoms with Gasteiger partial charge in [-0.25, -0.2) is 0 Å². The monoisotopic (exact) mass is 1040 g/mol. The molecule has 8 heteroatoms. The van der Waals surface area contributed by atoms with Crippen LogP contribution >= 0.6 is 31.9 Å². The summed E-state index contributed by atoms with van der Waals surface area (Å²) in [6.45, 7) is 20.1. The van der Waals surface area contributed by atoms with Crippen LogP contribution in [0.5, 0.6) is 11.5 Å². The van der Waals surface area contributed by atoms with Crippen molar-refractivity contribution in [2.24, 2.45) is 21.2 Å². The molecular weight excluding hydrogens is 968 g/mol. The van der Waals surface area contributed by atoms with Crippen molar-refractivity contribution in [1.82, 2.24) is 4.98 Å². The summed E-state index contributed by atoms with van der Waals surface area (Å²) in [5, 5.41) is 11.5. The van der Waals surface area contributed by atoms with Crippen LogP contribution in [0.15, 0.2) is 67.0 Å². The molecule has 4 fully saturated rings. The average molecular weight is 1040 g/mol. The van der Waals surface area contributed by atoms with Gasteiger partial charge in [-0.3, -0.25) is 0 Å². The summed E-state index contributed by atoms with van der Waals surface area (Å²) in [6, 6.07) is 19.4. The number of halogens is 2. The Morgan fingerprint density at radius 2 is 1.25 bits per heavy atom. The molecule has 0 spiro atoms. The molecule has 0 unspecified atom stereocenters. The molecule has 6 aliphatic carbocycles. The van der Waals surface area contributed by atoms with E-state index in [1.54, 1.807) is 0 Å². The largest absolute Gasteiger partial charge is 0.665 e. The SMILES string of the molecule is CC(C)(C)[Si](C)(C)Oc1c(Br)cc2c(c1-c1c(O)c(Br)cc3c1CCCC3)CCCC2.CC(C)([CH]=[Mo]=[N]C12CC3CC(CC(C3)C1)C2)c1ccccc1.Cc1ccc(C)[n-]1. The van der Waals surface area contributed by atoms with Crippen LogP contribution in [0.25, 0.3) is 11.1 Å². The topological polar surface area (TPSA) is 55.9 Å². The number of benzene rings is 3. The summed E-state index contributed by atoms with van der Waals surface area (Å²) < 4.78 is 16.8. The van der Waals surface area contributed by atoms with Gasteiger partial charge >= 0.3 is 143 Å². The number of nitrogens with zero attached hydrogens (tertiary/aromatic N) is 2. The third-order valence-electron chi connectivity index (χ3n) is 14.6. The second-order valence-corrected chi connectivity index (χ2v) is 28.9. The molecule has 0 amide bonds. The first-order valence-electron chi connectivity index (χ1n) is 22.8. The molecule has 0 aliphatic heterocycles. The molecule has 4 aromatic rings. The van der Waals surface area contributed by atoms with Crippen molar-refractivity contribution < 1.29 is 27.5 Å². The van der Waals surface area contributed by atoms with E-state index in [-0.39, 0.29) is 28.4 Å². The van der Waals surface area contributed by atoms with Crippen LogP contribution in [0, 0.1) is 31.6 Å². The molecule has 0 saturated heterocycles. The molecule has 4 bridgehead atoms. The smallest absolute Gasteiger partial charge is 0.0607 e. The van der Waals surface area contributed by atoms with E-state index in [4.69, 9.17) is 7.92 Å². The standard InChI is InChI=1S/C26H34Br2O2Si.C10H15N.C10H12.C6H8N.Mo/c1-26(2,3)31(4,5)30-25-21(28)15-17-11-7-9-13-19(17)23(25)22-18-12-8-6-10-16(18)14-20(27)24(22)29;11-10-4-7-1-8(5-10)3-9(2-7)6-10;1-10(2,3)9-7-5-4-6-8-9;1-5-3-4-6(2)7-5;/h14-15,29H,6-13H2,1-5H3;7-9H,1-6H2;1,4-8H,2-3H3;3-4H,1-2H3;/q;;;-1;. The maximum Gasteiger partial charge on any atom is -0.0607 e. The minimum atomic E-state index is -2.08. The number of hydrogen-bond donors (Lipinski definition) is 1. The molecule has 324 valence electrons. The summed E-state index contributed by atoms with van der Waals surface area (Å²) in [7, 11) is -2.08. The van der Waals surface area contributed by atoms with Gasteiger partial charge < -0.3 is 14.5 Å². The summed E-state index contributed by atoms with van der Waals surface area (Å²) in [5.74, 6) is 4.36. The number of hydrogen-bond acceptors (Lipinski definition) is 3. The van der Waals surface area contributed by atoms with E-state index < -0.39 is 8.32 Å². The van der Waals surface area contributed by atoms with Crippen molar-refractivity contribution in [1.29, 1.82) is 0 Å². The van der Waals surface area contributed by atoms with E-state index in [2.05, 4.69) is 131 Å². The molecule has 3 aromatic carbocycles. The van der Waals surface area contributed by atoms with Crippen LogP contribution in [0.4, 0.5) is 0 Å². The Balaban J connectivity index is 0.000000162. The fourth-order valence-electron chi connectivity index (χ4n) is 10.7. The Bertz CT molecular complexity index is 2180. The van der Waals surface area contributed by atoms with E-state index >= 15 is 0 Å². The number of aromatic hydroxyl groups is 1. The van der Waals surface area contributed by atoms with Crippen LogP contribution in [-0.4, -0.2) is 23.4 Å². The van der Waals surface area contributed by atoms with Crippen molar-refractivity contribution in [2.75, 3.05) is 0 Å². The normalized spacial score (nSPS) is 22.9. The molecule has 0 atom stereocenters. The van der Waals surface area contributed by atoms with E-state index in [1.165, 1.54) is 92.0 Å². The molecule has 0 radical (unpaired) electrons. The molecule has 1 heterocycles.